The maximum absolute atomic E-state index is 11.6. The molecule has 1 N–H and O–H groups in total. The van der Waals surface area contributed by atoms with E-state index in [1.807, 2.05) is 0 Å². The monoisotopic (exact) mass is 255 g/mol. The van der Waals surface area contributed by atoms with E-state index >= 15 is 0 Å². The maximum Gasteiger partial charge on any atom is 0.329 e. The highest BCUT2D eigenvalue weighted by atomic mass is 35.5. The van der Waals surface area contributed by atoms with E-state index in [9.17, 15) is 9.59 Å². The van der Waals surface area contributed by atoms with Crippen molar-refractivity contribution in [3.05, 3.63) is 29.3 Å². The van der Waals surface area contributed by atoms with Gasteiger partial charge in [0.25, 0.3) is 0 Å². The van der Waals surface area contributed by atoms with Gasteiger partial charge in [-0.2, -0.15) is 0 Å². The van der Waals surface area contributed by atoms with Gasteiger partial charge in [-0.1, -0.05) is 11.6 Å². The first-order valence-corrected chi connectivity index (χ1v) is 5.44. The Morgan fingerprint density at radius 2 is 1.71 bits per heavy atom. The van der Waals surface area contributed by atoms with Crippen molar-refractivity contribution < 1.29 is 14.7 Å². The van der Waals surface area contributed by atoms with Gasteiger partial charge in [0.15, 0.2) is 0 Å². The summed E-state index contributed by atoms with van der Waals surface area (Å²) in [6.45, 7) is 4.29. The lowest BCUT2D eigenvalue weighted by Gasteiger charge is -2.34. The fourth-order valence-electron chi connectivity index (χ4n) is 1.58. The second kappa shape index (κ2) is 4.75. The number of hydrogen-bond acceptors (Lipinski definition) is 2. The largest absolute Gasteiger partial charge is 0.480 e. The van der Waals surface area contributed by atoms with E-state index in [4.69, 9.17) is 16.7 Å². The number of carboxylic acid groups (broad SMARTS) is 1. The molecule has 0 aliphatic rings. The Bertz CT molecular complexity index is 440. The van der Waals surface area contributed by atoms with Gasteiger partial charge in [0.2, 0.25) is 5.91 Å². The number of carbonyl (C=O) groups excluding carboxylic acids is 1. The molecule has 1 aromatic carbocycles. The van der Waals surface area contributed by atoms with Crippen LogP contribution in [0.25, 0.3) is 0 Å². The standard InChI is InChI=1S/C12H14ClNO3/c1-8(15)14(12(2,3)11(16)17)10-6-4-9(13)5-7-10/h4-7H,1-3H3,(H,16,17). The maximum atomic E-state index is 11.6. The lowest BCUT2D eigenvalue weighted by molar-refractivity contribution is -0.143. The van der Waals surface area contributed by atoms with Crippen LogP contribution in [0.1, 0.15) is 20.8 Å². The molecule has 0 bridgehead atoms. The molecule has 0 saturated carbocycles. The molecule has 0 saturated heterocycles. The Morgan fingerprint density at radius 3 is 2.06 bits per heavy atom. The van der Waals surface area contributed by atoms with Crippen LogP contribution in [-0.4, -0.2) is 22.5 Å². The average molecular weight is 256 g/mol. The van der Waals surface area contributed by atoms with Gasteiger partial charge in [0.1, 0.15) is 5.54 Å². The topological polar surface area (TPSA) is 57.6 Å². The molecular weight excluding hydrogens is 242 g/mol. The Hall–Kier alpha value is -1.55. The number of halogens is 1. The predicted octanol–water partition coefficient (Wildman–Crippen LogP) is 2.56. The van der Waals surface area contributed by atoms with E-state index in [1.54, 1.807) is 24.3 Å². The van der Waals surface area contributed by atoms with E-state index in [1.165, 1.54) is 25.7 Å². The molecule has 0 atom stereocenters. The summed E-state index contributed by atoms with van der Waals surface area (Å²) < 4.78 is 0. The zero-order valence-corrected chi connectivity index (χ0v) is 10.7. The summed E-state index contributed by atoms with van der Waals surface area (Å²) in [5.74, 6) is -1.40. The lowest BCUT2D eigenvalue weighted by atomic mass is 10.0. The van der Waals surface area contributed by atoms with Crippen molar-refractivity contribution >= 4 is 29.2 Å². The van der Waals surface area contributed by atoms with Gasteiger partial charge in [-0.05, 0) is 38.1 Å². The van der Waals surface area contributed by atoms with E-state index in [-0.39, 0.29) is 5.91 Å². The summed E-state index contributed by atoms with van der Waals surface area (Å²) in [5, 5.41) is 9.69. The molecule has 0 aliphatic heterocycles. The first kappa shape index (κ1) is 13.5. The molecule has 1 rings (SSSR count). The molecule has 1 amide bonds. The van der Waals surface area contributed by atoms with Crippen LogP contribution in [0.5, 0.6) is 0 Å². The van der Waals surface area contributed by atoms with Crippen LogP contribution in [-0.2, 0) is 9.59 Å². The number of rotatable bonds is 3. The number of anilines is 1. The number of carbonyl (C=O) groups is 2. The van der Waals surface area contributed by atoms with E-state index in [2.05, 4.69) is 0 Å². The van der Waals surface area contributed by atoms with Crippen molar-refractivity contribution in [2.75, 3.05) is 4.90 Å². The minimum atomic E-state index is -1.31. The number of carboxylic acids is 1. The van der Waals surface area contributed by atoms with Crippen LogP contribution in [0, 0.1) is 0 Å². The van der Waals surface area contributed by atoms with E-state index in [0.29, 0.717) is 10.7 Å². The summed E-state index contributed by atoms with van der Waals surface area (Å²) in [7, 11) is 0. The second-order valence-corrected chi connectivity index (χ2v) is 4.63. The van der Waals surface area contributed by atoms with Gasteiger partial charge in [-0.15, -0.1) is 0 Å². The normalized spacial score (nSPS) is 11.1. The fourth-order valence-corrected chi connectivity index (χ4v) is 1.71. The van der Waals surface area contributed by atoms with Crippen LogP contribution in [0.15, 0.2) is 24.3 Å². The Kier molecular flexibility index (Phi) is 3.78. The van der Waals surface area contributed by atoms with Crippen molar-refractivity contribution in [2.45, 2.75) is 26.3 Å². The minimum Gasteiger partial charge on any atom is -0.480 e. The van der Waals surface area contributed by atoms with E-state index < -0.39 is 11.5 Å². The second-order valence-electron chi connectivity index (χ2n) is 4.20. The van der Waals surface area contributed by atoms with Gasteiger partial charge in [-0.3, -0.25) is 9.69 Å². The number of amides is 1. The zero-order chi connectivity index (χ0) is 13.2. The molecule has 0 spiro atoms. The quantitative estimate of drug-likeness (QED) is 0.903. The highest BCUT2D eigenvalue weighted by molar-refractivity contribution is 6.30. The molecule has 17 heavy (non-hydrogen) atoms. The molecular formula is C12H14ClNO3. The molecule has 0 unspecified atom stereocenters. The first-order chi connectivity index (χ1) is 7.76. The zero-order valence-electron chi connectivity index (χ0n) is 9.90. The minimum absolute atomic E-state index is 0.334. The fraction of sp³-hybridized carbons (Fsp3) is 0.333. The highest BCUT2D eigenvalue weighted by Crippen LogP contribution is 2.26. The van der Waals surface area contributed by atoms with Gasteiger partial charge >= 0.3 is 5.97 Å². The number of benzene rings is 1. The van der Waals surface area contributed by atoms with Gasteiger partial charge in [0.05, 0.1) is 0 Å². The molecule has 4 nitrogen and oxygen atoms in total. The molecule has 0 aliphatic carbocycles. The molecule has 92 valence electrons. The Morgan fingerprint density at radius 1 is 1.24 bits per heavy atom. The van der Waals surface area contributed by atoms with Crippen molar-refractivity contribution in [1.29, 1.82) is 0 Å². The van der Waals surface area contributed by atoms with Crippen molar-refractivity contribution in [1.82, 2.24) is 0 Å². The molecule has 0 radical (unpaired) electrons. The summed E-state index contributed by atoms with van der Waals surface area (Å²) >= 11 is 5.75. The van der Waals surface area contributed by atoms with Crippen LogP contribution in [0.2, 0.25) is 5.02 Å². The number of nitrogens with zero attached hydrogens (tertiary/aromatic N) is 1. The molecule has 1 aromatic rings. The SMILES string of the molecule is CC(=O)N(c1ccc(Cl)cc1)C(C)(C)C(=O)O. The first-order valence-electron chi connectivity index (χ1n) is 5.06. The number of aliphatic carboxylic acids is 1. The van der Waals surface area contributed by atoms with Crippen molar-refractivity contribution in [3.8, 4) is 0 Å². The van der Waals surface area contributed by atoms with Gasteiger partial charge in [-0.25, -0.2) is 4.79 Å². The van der Waals surface area contributed by atoms with Crippen molar-refractivity contribution in [3.63, 3.8) is 0 Å². The third kappa shape index (κ3) is 2.77. The molecule has 5 heteroatoms. The molecule has 0 aromatic heterocycles. The van der Waals surface area contributed by atoms with Crippen LogP contribution >= 0.6 is 11.6 Å². The summed E-state index contributed by atoms with van der Waals surface area (Å²) in [6.07, 6.45) is 0. The average Bonchev–Trinajstić information content (AvgIpc) is 2.20. The Balaban J connectivity index is 3.23. The summed E-state index contributed by atoms with van der Waals surface area (Å²) in [6, 6.07) is 6.47. The van der Waals surface area contributed by atoms with Gasteiger partial charge in [0, 0.05) is 17.6 Å². The Labute approximate surface area is 105 Å². The van der Waals surface area contributed by atoms with Crippen LogP contribution < -0.4 is 4.90 Å². The summed E-state index contributed by atoms with van der Waals surface area (Å²) in [5.41, 5.74) is -0.797. The van der Waals surface area contributed by atoms with Crippen LogP contribution in [0.3, 0.4) is 0 Å². The predicted molar refractivity (Wildman–Crippen MR) is 66.3 cm³/mol. The van der Waals surface area contributed by atoms with Gasteiger partial charge < -0.3 is 5.11 Å². The highest BCUT2D eigenvalue weighted by Gasteiger charge is 2.37. The van der Waals surface area contributed by atoms with E-state index in [0.717, 1.165) is 0 Å². The molecule has 0 fully saturated rings. The van der Waals surface area contributed by atoms with Crippen molar-refractivity contribution in [2.24, 2.45) is 0 Å². The smallest absolute Gasteiger partial charge is 0.329 e. The van der Waals surface area contributed by atoms with Crippen LogP contribution in [0.4, 0.5) is 5.69 Å². The lowest BCUT2D eigenvalue weighted by Crippen LogP contribution is -2.52. The molecule has 0 heterocycles. The third-order valence-electron chi connectivity index (χ3n) is 2.48. The third-order valence-corrected chi connectivity index (χ3v) is 2.73. The summed E-state index contributed by atoms with van der Waals surface area (Å²) in [4.78, 5) is 24.0. The number of hydrogen-bond donors (Lipinski definition) is 1.